The summed E-state index contributed by atoms with van der Waals surface area (Å²) in [4.78, 5) is 4.07. The van der Waals surface area contributed by atoms with Gasteiger partial charge < -0.3 is 5.32 Å². The molecule has 1 aromatic rings. The summed E-state index contributed by atoms with van der Waals surface area (Å²) in [5.74, 6) is 0.127. The molecule has 0 aliphatic rings. The quantitative estimate of drug-likeness (QED) is 0.708. The first-order chi connectivity index (χ1) is 8.03. The number of aryl methyl sites for hydroxylation is 1. The number of hydrogen-bond acceptors (Lipinski definition) is 5. The van der Waals surface area contributed by atoms with Crippen molar-refractivity contribution < 1.29 is 8.42 Å². The molecule has 0 atom stereocenters. The molecule has 5 nitrogen and oxygen atoms in total. The van der Waals surface area contributed by atoms with Gasteiger partial charge in [-0.1, -0.05) is 6.92 Å². The van der Waals surface area contributed by atoms with Gasteiger partial charge in [0.05, 0.1) is 11.4 Å². The highest BCUT2D eigenvalue weighted by molar-refractivity contribution is 7.92. The van der Waals surface area contributed by atoms with E-state index in [1.54, 1.807) is 0 Å². The smallest absolute Gasteiger partial charge is 0.234 e. The fourth-order valence-corrected chi connectivity index (χ4v) is 3.32. The fourth-order valence-electron chi connectivity index (χ4n) is 1.27. The minimum atomic E-state index is -3.25. The first-order valence-corrected chi connectivity index (χ1v) is 8.20. The molecule has 1 heterocycles. The number of hydrogen-bond donors (Lipinski definition) is 2. The lowest BCUT2D eigenvalue weighted by Gasteiger charge is -2.05. The number of anilines is 1. The van der Waals surface area contributed by atoms with Gasteiger partial charge >= 0.3 is 0 Å². The average Bonchev–Trinajstić information content (AvgIpc) is 2.62. The minimum absolute atomic E-state index is 0.127. The second kappa shape index (κ2) is 6.93. The third-order valence-electron chi connectivity index (χ3n) is 2.06. The van der Waals surface area contributed by atoms with Crippen LogP contribution in [0.15, 0.2) is 5.38 Å². The van der Waals surface area contributed by atoms with E-state index in [0.717, 1.165) is 25.2 Å². The zero-order valence-corrected chi connectivity index (χ0v) is 11.8. The molecule has 0 aliphatic heterocycles. The SMILES string of the molecule is CCCNCCCS(=O)(=O)Nc1nc(C)cs1. The van der Waals surface area contributed by atoms with Gasteiger partial charge in [0.25, 0.3) is 0 Å². The van der Waals surface area contributed by atoms with E-state index in [1.165, 1.54) is 11.3 Å². The molecule has 0 fully saturated rings. The maximum Gasteiger partial charge on any atom is 0.234 e. The van der Waals surface area contributed by atoms with Crippen molar-refractivity contribution in [2.45, 2.75) is 26.7 Å². The van der Waals surface area contributed by atoms with Gasteiger partial charge in [-0.3, -0.25) is 4.72 Å². The molecule has 0 radical (unpaired) electrons. The van der Waals surface area contributed by atoms with Gasteiger partial charge in [0.2, 0.25) is 10.0 Å². The van der Waals surface area contributed by atoms with Crippen LogP contribution >= 0.6 is 11.3 Å². The Morgan fingerprint density at radius 1 is 1.41 bits per heavy atom. The van der Waals surface area contributed by atoms with E-state index < -0.39 is 10.0 Å². The summed E-state index contributed by atoms with van der Waals surface area (Å²) in [5.41, 5.74) is 0.831. The first kappa shape index (κ1) is 14.4. The Bertz CT molecular complexity index is 429. The summed E-state index contributed by atoms with van der Waals surface area (Å²) in [5, 5.41) is 5.44. The maximum absolute atomic E-state index is 11.7. The van der Waals surface area contributed by atoms with Crippen LogP contribution in [0.2, 0.25) is 0 Å². The Morgan fingerprint density at radius 3 is 2.76 bits per heavy atom. The minimum Gasteiger partial charge on any atom is -0.317 e. The highest BCUT2D eigenvalue weighted by Gasteiger charge is 2.11. The van der Waals surface area contributed by atoms with E-state index in [9.17, 15) is 8.42 Å². The lowest BCUT2D eigenvalue weighted by molar-refractivity contribution is 0.593. The predicted molar refractivity (Wildman–Crippen MR) is 72.0 cm³/mol. The molecule has 17 heavy (non-hydrogen) atoms. The lowest BCUT2D eigenvalue weighted by Crippen LogP contribution is -2.22. The second-order valence-corrected chi connectivity index (χ2v) is 6.52. The van der Waals surface area contributed by atoms with Gasteiger partial charge in [0, 0.05) is 5.38 Å². The van der Waals surface area contributed by atoms with Crippen LogP contribution in [0.5, 0.6) is 0 Å². The molecule has 98 valence electrons. The number of rotatable bonds is 8. The van der Waals surface area contributed by atoms with Crippen molar-refractivity contribution in [3.05, 3.63) is 11.1 Å². The molecule has 0 saturated carbocycles. The van der Waals surface area contributed by atoms with Crippen molar-refractivity contribution in [1.29, 1.82) is 0 Å². The topological polar surface area (TPSA) is 71.1 Å². The molecule has 0 unspecified atom stereocenters. The molecule has 0 amide bonds. The normalized spacial score (nSPS) is 11.6. The predicted octanol–water partition coefficient (Wildman–Crippen LogP) is 1.58. The number of aromatic nitrogens is 1. The summed E-state index contributed by atoms with van der Waals surface area (Å²) < 4.78 is 25.8. The van der Waals surface area contributed by atoms with Crippen LogP contribution in [-0.4, -0.2) is 32.2 Å². The summed E-state index contributed by atoms with van der Waals surface area (Å²) in [7, 11) is -3.25. The summed E-state index contributed by atoms with van der Waals surface area (Å²) in [6, 6.07) is 0. The monoisotopic (exact) mass is 277 g/mol. The Hall–Kier alpha value is -0.660. The molecule has 0 spiro atoms. The molecule has 0 bridgehead atoms. The Morgan fingerprint density at radius 2 is 2.18 bits per heavy atom. The van der Waals surface area contributed by atoms with Crippen LogP contribution in [0.1, 0.15) is 25.5 Å². The highest BCUT2D eigenvalue weighted by atomic mass is 32.2. The van der Waals surface area contributed by atoms with Gasteiger partial charge in [-0.05, 0) is 32.9 Å². The van der Waals surface area contributed by atoms with E-state index in [1.807, 2.05) is 12.3 Å². The van der Waals surface area contributed by atoms with Gasteiger partial charge in [-0.25, -0.2) is 13.4 Å². The van der Waals surface area contributed by atoms with Crippen LogP contribution < -0.4 is 10.0 Å². The molecule has 1 aromatic heterocycles. The van der Waals surface area contributed by atoms with Crippen LogP contribution in [0.4, 0.5) is 5.13 Å². The third kappa shape index (κ3) is 5.99. The number of nitrogens with one attached hydrogen (secondary N) is 2. The number of sulfonamides is 1. The van der Waals surface area contributed by atoms with Crippen molar-refractivity contribution in [3.8, 4) is 0 Å². The summed E-state index contributed by atoms with van der Waals surface area (Å²) >= 11 is 1.31. The Balaban J connectivity index is 2.31. The average molecular weight is 277 g/mol. The second-order valence-electron chi connectivity index (χ2n) is 3.82. The van der Waals surface area contributed by atoms with Crippen molar-refractivity contribution in [1.82, 2.24) is 10.3 Å². The number of thiazole rings is 1. The van der Waals surface area contributed by atoms with Crippen LogP contribution in [-0.2, 0) is 10.0 Å². The maximum atomic E-state index is 11.7. The lowest BCUT2D eigenvalue weighted by atomic mass is 10.4. The first-order valence-electron chi connectivity index (χ1n) is 5.67. The molecule has 1 rings (SSSR count). The van der Waals surface area contributed by atoms with Crippen LogP contribution in [0.3, 0.4) is 0 Å². The van der Waals surface area contributed by atoms with Crippen molar-refractivity contribution in [2.75, 3.05) is 23.6 Å². The number of nitrogens with zero attached hydrogens (tertiary/aromatic N) is 1. The van der Waals surface area contributed by atoms with Gasteiger partial charge in [0.1, 0.15) is 0 Å². The Labute approximate surface area is 107 Å². The molecular formula is C10H19N3O2S2. The van der Waals surface area contributed by atoms with Crippen molar-refractivity contribution in [2.24, 2.45) is 0 Å². The molecule has 0 aliphatic carbocycles. The van der Waals surface area contributed by atoms with Crippen molar-refractivity contribution in [3.63, 3.8) is 0 Å². The largest absolute Gasteiger partial charge is 0.317 e. The zero-order chi connectivity index (χ0) is 12.7. The van der Waals surface area contributed by atoms with Gasteiger partial charge in [-0.2, -0.15) is 0 Å². The van der Waals surface area contributed by atoms with Gasteiger partial charge in [0.15, 0.2) is 5.13 Å². The highest BCUT2D eigenvalue weighted by Crippen LogP contribution is 2.16. The van der Waals surface area contributed by atoms with Crippen molar-refractivity contribution >= 4 is 26.5 Å². The van der Waals surface area contributed by atoms with E-state index in [4.69, 9.17) is 0 Å². The zero-order valence-electron chi connectivity index (χ0n) is 10.2. The molecule has 2 N–H and O–H groups in total. The Kier molecular flexibility index (Phi) is 5.87. The van der Waals surface area contributed by atoms with Crippen LogP contribution in [0, 0.1) is 6.92 Å². The summed E-state index contributed by atoms with van der Waals surface area (Å²) in [6.45, 7) is 5.57. The van der Waals surface area contributed by atoms with E-state index in [-0.39, 0.29) is 5.75 Å². The molecule has 0 aromatic carbocycles. The van der Waals surface area contributed by atoms with E-state index in [0.29, 0.717) is 11.6 Å². The van der Waals surface area contributed by atoms with E-state index in [2.05, 4.69) is 21.9 Å². The standard InChI is InChI=1S/C10H19N3O2S2/c1-3-5-11-6-4-7-17(14,15)13-10-12-9(2)8-16-10/h8,11H,3-7H2,1-2H3,(H,12,13). The molecule has 0 saturated heterocycles. The molecular weight excluding hydrogens is 258 g/mol. The molecule has 7 heteroatoms. The third-order valence-corrected chi connectivity index (χ3v) is 4.39. The summed E-state index contributed by atoms with van der Waals surface area (Å²) in [6.07, 6.45) is 1.67. The van der Waals surface area contributed by atoms with Gasteiger partial charge in [-0.15, -0.1) is 11.3 Å². The van der Waals surface area contributed by atoms with Crippen LogP contribution in [0.25, 0.3) is 0 Å². The van der Waals surface area contributed by atoms with E-state index >= 15 is 0 Å². The fraction of sp³-hybridized carbons (Fsp3) is 0.700.